The van der Waals surface area contributed by atoms with Crippen molar-refractivity contribution >= 4 is 11.7 Å². The molecule has 0 unspecified atom stereocenters. The van der Waals surface area contributed by atoms with E-state index in [2.05, 4.69) is 20.8 Å². The van der Waals surface area contributed by atoms with Gasteiger partial charge in [0.1, 0.15) is 5.60 Å². The molecule has 0 aliphatic carbocycles. The van der Waals surface area contributed by atoms with Crippen LogP contribution in [0, 0.1) is 21.4 Å². The van der Waals surface area contributed by atoms with Gasteiger partial charge >= 0.3 is 5.97 Å². The number of nitro benzene ring substituents is 1. The Kier molecular flexibility index (Phi) is 7.15. The van der Waals surface area contributed by atoms with Gasteiger partial charge in [0.2, 0.25) is 0 Å². The lowest BCUT2D eigenvalue weighted by molar-refractivity contribution is -0.384. The second kappa shape index (κ2) is 8.45. The van der Waals surface area contributed by atoms with Crippen LogP contribution in [0.15, 0.2) is 24.3 Å². The Bertz CT molecular complexity index is 579. The van der Waals surface area contributed by atoms with Crippen LogP contribution in [0.25, 0.3) is 0 Å². The van der Waals surface area contributed by atoms with Gasteiger partial charge in [0.25, 0.3) is 5.69 Å². The fourth-order valence-electron chi connectivity index (χ4n) is 2.68. The predicted molar refractivity (Wildman–Crippen MR) is 99.2 cm³/mol. The number of rotatable bonds is 7. The molecule has 0 spiro atoms. The van der Waals surface area contributed by atoms with Crippen LogP contribution in [0.3, 0.4) is 0 Å². The van der Waals surface area contributed by atoms with Crippen molar-refractivity contribution in [3.63, 3.8) is 0 Å². The van der Waals surface area contributed by atoms with Crippen molar-refractivity contribution in [1.29, 1.82) is 0 Å². The average Bonchev–Trinajstić information content (AvgIpc) is 2.41. The summed E-state index contributed by atoms with van der Waals surface area (Å²) in [5.74, 6) is 0.954. The summed E-state index contributed by atoms with van der Waals surface area (Å²) in [5, 5.41) is 10.7. The van der Waals surface area contributed by atoms with Crippen LogP contribution in [-0.4, -0.2) is 16.5 Å². The highest BCUT2D eigenvalue weighted by molar-refractivity contribution is 5.72. The second-order valence-corrected chi connectivity index (χ2v) is 8.67. The summed E-state index contributed by atoms with van der Waals surface area (Å²) in [6.45, 7) is 12.0. The zero-order valence-electron chi connectivity index (χ0n) is 16.2. The maximum Gasteiger partial charge on any atom is 0.306 e. The number of non-ortho nitro benzene ring substituents is 1. The number of carbonyl (C=O) groups excluding carboxylic acids is 1. The van der Waals surface area contributed by atoms with Gasteiger partial charge in [-0.2, -0.15) is 0 Å². The van der Waals surface area contributed by atoms with Gasteiger partial charge in [0, 0.05) is 12.1 Å². The number of aryl methyl sites for hydroxylation is 1. The number of hydrogen-bond donors (Lipinski definition) is 0. The molecule has 0 fully saturated rings. The molecule has 0 atom stereocenters. The number of carbonyl (C=O) groups is 1. The van der Waals surface area contributed by atoms with Crippen LogP contribution < -0.4 is 0 Å². The molecule has 0 aromatic heterocycles. The van der Waals surface area contributed by atoms with Gasteiger partial charge in [-0.05, 0) is 56.9 Å². The maximum atomic E-state index is 12.2. The molecule has 0 heterocycles. The van der Waals surface area contributed by atoms with E-state index in [0.717, 1.165) is 30.7 Å². The molecule has 0 bridgehead atoms. The molecule has 0 amide bonds. The minimum atomic E-state index is -0.484. The van der Waals surface area contributed by atoms with Crippen molar-refractivity contribution in [1.82, 2.24) is 0 Å². The maximum absolute atomic E-state index is 12.2. The first-order chi connectivity index (χ1) is 11.4. The Labute approximate surface area is 150 Å². The van der Waals surface area contributed by atoms with Crippen LogP contribution in [0.1, 0.15) is 66.4 Å². The normalized spacial score (nSPS) is 12.3. The first-order valence-corrected chi connectivity index (χ1v) is 8.64. The molecule has 5 heteroatoms. The van der Waals surface area contributed by atoms with E-state index in [1.54, 1.807) is 12.1 Å². The van der Waals surface area contributed by atoms with Crippen molar-refractivity contribution < 1.29 is 14.5 Å². The number of nitrogens with zero attached hydrogens (tertiary/aromatic N) is 1. The van der Waals surface area contributed by atoms with E-state index < -0.39 is 10.5 Å². The Balaban J connectivity index is 2.70. The zero-order chi connectivity index (χ0) is 19.3. The highest BCUT2D eigenvalue weighted by Crippen LogP contribution is 2.32. The average molecular weight is 348 g/mol. The van der Waals surface area contributed by atoms with Crippen molar-refractivity contribution in [2.24, 2.45) is 5.41 Å². The van der Waals surface area contributed by atoms with Crippen LogP contribution in [0.5, 0.6) is 0 Å². The van der Waals surface area contributed by atoms with E-state index in [1.807, 2.05) is 20.8 Å². The van der Waals surface area contributed by atoms with E-state index in [0.29, 0.717) is 6.42 Å². The highest BCUT2D eigenvalue weighted by atomic mass is 16.6. The largest absolute Gasteiger partial charge is 0.460 e. The molecular formula is C20H30NO4. The topological polar surface area (TPSA) is 69.4 Å². The quantitative estimate of drug-likeness (QED) is 0.382. The second-order valence-electron chi connectivity index (χ2n) is 8.67. The van der Waals surface area contributed by atoms with Crippen LogP contribution in [0.2, 0.25) is 0 Å². The number of benzene rings is 1. The van der Waals surface area contributed by atoms with Gasteiger partial charge in [-0.3, -0.25) is 14.9 Å². The van der Waals surface area contributed by atoms with Crippen LogP contribution >= 0.6 is 0 Å². The molecule has 0 N–H and O–H groups in total. The Morgan fingerprint density at radius 3 is 2.08 bits per heavy atom. The lowest BCUT2D eigenvalue weighted by atomic mass is 9.80. The van der Waals surface area contributed by atoms with Crippen molar-refractivity contribution in [3.8, 4) is 0 Å². The molecule has 25 heavy (non-hydrogen) atoms. The highest BCUT2D eigenvalue weighted by Gasteiger charge is 2.25. The van der Waals surface area contributed by atoms with Crippen molar-refractivity contribution in [2.45, 2.75) is 72.8 Å². The predicted octanol–water partition coefficient (Wildman–Crippen LogP) is 5.27. The lowest BCUT2D eigenvalue weighted by Crippen LogP contribution is -2.26. The molecule has 1 aromatic rings. The SMILES string of the molecule is CC(C)(C)C[C](CCc1ccc([N+](=O)[O-])cc1)CC(=O)OC(C)(C)C. The zero-order valence-corrected chi connectivity index (χ0v) is 16.2. The molecular weight excluding hydrogens is 318 g/mol. The standard InChI is InChI=1S/C20H30NO4/c1-19(2,3)14-16(13-18(22)25-20(4,5)6)8-7-15-9-11-17(12-10-15)21(23)24/h9-12H,7-8,13-14H2,1-6H3. The fraction of sp³-hybridized carbons (Fsp3) is 0.600. The molecule has 0 aliphatic heterocycles. The first-order valence-electron chi connectivity index (χ1n) is 8.64. The van der Waals surface area contributed by atoms with Gasteiger partial charge in [-0.15, -0.1) is 0 Å². The van der Waals surface area contributed by atoms with E-state index >= 15 is 0 Å². The number of ether oxygens (including phenoxy) is 1. The van der Waals surface area contributed by atoms with Gasteiger partial charge in [-0.1, -0.05) is 32.9 Å². The summed E-state index contributed by atoms with van der Waals surface area (Å²) in [6, 6.07) is 6.60. The molecule has 5 nitrogen and oxygen atoms in total. The summed E-state index contributed by atoms with van der Waals surface area (Å²) in [4.78, 5) is 22.5. The summed E-state index contributed by atoms with van der Waals surface area (Å²) in [6.07, 6.45) is 2.70. The van der Waals surface area contributed by atoms with Crippen molar-refractivity contribution in [2.75, 3.05) is 0 Å². The Morgan fingerprint density at radius 2 is 1.64 bits per heavy atom. The van der Waals surface area contributed by atoms with E-state index in [4.69, 9.17) is 4.74 Å². The van der Waals surface area contributed by atoms with Gasteiger partial charge in [0.15, 0.2) is 0 Å². The Morgan fingerprint density at radius 1 is 1.08 bits per heavy atom. The van der Waals surface area contributed by atoms with Crippen molar-refractivity contribution in [3.05, 3.63) is 45.9 Å². The molecule has 139 valence electrons. The Hall–Kier alpha value is -1.91. The molecule has 0 aliphatic rings. The first kappa shape index (κ1) is 21.1. The van der Waals surface area contributed by atoms with E-state index in [1.165, 1.54) is 12.1 Å². The van der Waals surface area contributed by atoms with Crippen LogP contribution in [-0.2, 0) is 16.0 Å². The van der Waals surface area contributed by atoms with Gasteiger partial charge in [0.05, 0.1) is 11.3 Å². The third kappa shape index (κ3) is 9.22. The third-order valence-corrected chi connectivity index (χ3v) is 3.51. The third-order valence-electron chi connectivity index (χ3n) is 3.51. The fourth-order valence-corrected chi connectivity index (χ4v) is 2.68. The minimum absolute atomic E-state index is 0.0901. The summed E-state index contributed by atoms with van der Waals surface area (Å²) in [7, 11) is 0. The number of nitro groups is 1. The molecule has 1 rings (SSSR count). The molecule has 0 saturated heterocycles. The summed E-state index contributed by atoms with van der Waals surface area (Å²) >= 11 is 0. The monoisotopic (exact) mass is 348 g/mol. The van der Waals surface area contributed by atoms with Gasteiger partial charge in [-0.25, -0.2) is 0 Å². The molecule has 1 aromatic carbocycles. The minimum Gasteiger partial charge on any atom is -0.460 e. The molecule has 1 radical (unpaired) electrons. The summed E-state index contributed by atoms with van der Waals surface area (Å²) in [5.41, 5.74) is 0.729. The van der Waals surface area contributed by atoms with Gasteiger partial charge < -0.3 is 4.74 Å². The van der Waals surface area contributed by atoms with E-state index in [-0.39, 0.29) is 17.1 Å². The molecule has 0 saturated carbocycles. The smallest absolute Gasteiger partial charge is 0.306 e. The van der Waals surface area contributed by atoms with Crippen LogP contribution in [0.4, 0.5) is 5.69 Å². The summed E-state index contributed by atoms with van der Waals surface area (Å²) < 4.78 is 5.44. The lowest BCUT2D eigenvalue weighted by Gasteiger charge is -2.27. The van der Waals surface area contributed by atoms with E-state index in [9.17, 15) is 14.9 Å². The number of esters is 1. The number of hydrogen-bond acceptors (Lipinski definition) is 4.